The standard InChI is InChI=1S/C21H26N2O2/c1-15(18-12-6-10-16-7-4-5-11-19(16)18)23-20(24)13-14-22-21(25)17-8-2-3-9-17/h4-7,10-12,15,17H,2-3,8-9,13-14H2,1H3,(H,22,25)(H,23,24). The van der Waals surface area contributed by atoms with E-state index in [0.29, 0.717) is 13.0 Å². The van der Waals surface area contributed by atoms with Gasteiger partial charge in [-0.05, 0) is 36.1 Å². The number of rotatable bonds is 6. The van der Waals surface area contributed by atoms with E-state index in [4.69, 9.17) is 0 Å². The maximum atomic E-state index is 12.2. The first kappa shape index (κ1) is 17.5. The highest BCUT2D eigenvalue weighted by Crippen LogP contribution is 2.25. The van der Waals surface area contributed by atoms with E-state index >= 15 is 0 Å². The first-order valence-electron chi connectivity index (χ1n) is 9.20. The van der Waals surface area contributed by atoms with Crippen LogP contribution in [0.3, 0.4) is 0 Å². The number of carbonyl (C=O) groups excluding carboxylic acids is 2. The van der Waals surface area contributed by atoms with Crippen LogP contribution in [0.2, 0.25) is 0 Å². The highest BCUT2D eigenvalue weighted by atomic mass is 16.2. The second-order valence-corrected chi connectivity index (χ2v) is 6.88. The maximum Gasteiger partial charge on any atom is 0.223 e. The summed E-state index contributed by atoms with van der Waals surface area (Å²) in [6, 6.07) is 14.3. The molecule has 2 aromatic carbocycles. The average Bonchev–Trinajstić information content (AvgIpc) is 3.16. The number of carbonyl (C=O) groups is 2. The third-order valence-corrected chi connectivity index (χ3v) is 5.04. The largest absolute Gasteiger partial charge is 0.355 e. The molecule has 0 radical (unpaired) electrons. The highest BCUT2D eigenvalue weighted by molar-refractivity contribution is 5.87. The van der Waals surface area contributed by atoms with E-state index in [1.165, 1.54) is 5.39 Å². The summed E-state index contributed by atoms with van der Waals surface area (Å²) >= 11 is 0. The Morgan fingerprint density at radius 3 is 2.60 bits per heavy atom. The van der Waals surface area contributed by atoms with Crippen LogP contribution in [0.15, 0.2) is 42.5 Å². The molecular formula is C21H26N2O2. The Morgan fingerprint density at radius 1 is 1.08 bits per heavy atom. The first-order valence-corrected chi connectivity index (χ1v) is 9.20. The zero-order chi connectivity index (χ0) is 17.6. The minimum absolute atomic E-state index is 0.0350. The molecule has 1 atom stereocenters. The van der Waals surface area contributed by atoms with E-state index in [9.17, 15) is 9.59 Å². The van der Waals surface area contributed by atoms with Crippen LogP contribution in [0.4, 0.5) is 0 Å². The molecule has 0 spiro atoms. The van der Waals surface area contributed by atoms with Crippen LogP contribution in [-0.4, -0.2) is 18.4 Å². The van der Waals surface area contributed by atoms with Crippen molar-refractivity contribution in [3.05, 3.63) is 48.0 Å². The lowest BCUT2D eigenvalue weighted by atomic mass is 9.99. The fraction of sp³-hybridized carbons (Fsp3) is 0.429. The van der Waals surface area contributed by atoms with Crippen LogP contribution in [-0.2, 0) is 9.59 Å². The molecule has 0 bridgehead atoms. The summed E-state index contributed by atoms with van der Waals surface area (Å²) in [5.74, 6) is 0.220. The number of fused-ring (bicyclic) bond motifs is 1. The Kier molecular flexibility index (Phi) is 5.69. The van der Waals surface area contributed by atoms with Gasteiger partial charge in [0.1, 0.15) is 0 Å². The third kappa shape index (κ3) is 4.38. The van der Waals surface area contributed by atoms with Crippen LogP contribution in [0.5, 0.6) is 0 Å². The summed E-state index contributed by atoms with van der Waals surface area (Å²) in [5, 5.41) is 8.27. The summed E-state index contributed by atoms with van der Waals surface area (Å²) in [6.45, 7) is 2.40. The molecule has 132 valence electrons. The Balaban J connectivity index is 1.51. The quantitative estimate of drug-likeness (QED) is 0.843. The number of hydrogen-bond acceptors (Lipinski definition) is 2. The van der Waals surface area contributed by atoms with E-state index in [0.717, 1.165) is 36.6 Å². The van der Waals surface area contributed by atoms with Gasteiger partial charge < -0.3 is 10.6 Å². The maximum absolute atomic E-state index is 12.2. The molecule has 0 aliphatic heterocycles. The summed E-state index contributed by atoms with van der Waals surface area (Å²) < 4.78 is 0. The van der Waals surface area contributed by atoms with E-state index in [1.54, 1.807) is 0 Å². The van der Waals surface area contributed by atoms with Crippen molar-refractivity contribution in [3.63, 3.8) is 0 Å². The molecule has 0 aromatic heterocycles. The van der Waals surface area contributed by atoms with E-state index in [2.05, 4.69) is 34.9 Å². The fourth-order valence-corrected chi connectivity index (χ4v) is 3.65. The third-order valence-electron chi connectivity index (χ3n) is 5.04. The predicted octanol–water partition coefficient (Wildman–Crippen LogP) is 3.71. The molecule has 1 aliphatic carbocycles. The van der Waals surface area contributed by atoms with Crippen molar-refractivity contribution in [1.29, 1.82) is 0 Å². The molecule has 0 heterocycles. The van der Waals surface area contributed by atoms with Gasteiger partial charge >= 0.3 is 0 Å². The van der Waals surface area contributed by atoms with Crippen molar-refractivity contribution in [2.45, 2.75) is 45.1 Å². The topological polar surface area (TPSA) is 58.2 Å². The van der Waals surface area contributed by atoms with Crippen molar-refractivity contribution in [2.24, 2.45) is 5.92 Å². The molecule has 0 saturated heterocycles. The molecule has 1 aliphatic rings. The van der Waals surface area contributed by atoms with Gasteiger partial charge in [0.2, 0.25) is 11.8 Å². The lowest BCUT2D eigenvalue weighted by Crippen LogP contribution is -2.34. The molecular weight excluding hydrogens is 312 g/mol. The Morgan fingerprint density at radius 2 is 1.80 bits per heavy atom. The Hall–Kier alpha value is -2.36. The van der Waals surface area contributed by atoms with E-state index in [1.807, 2.05) is 25.1 Å². The lowest BCUT2D eigenvalue weighted by Gasteiger charge is -2.17. The monoisotopic (exact) mass is 338 g/mol. The summed E-state index contributed by atoms with van der Waals surface area (Å²) in [7, 11) is 0. The number of nitrogens with one attached hydrogen (secondary N) is 2. The van der Waals surface area contributed by atoms with Crippen molar-refractivity contribution in [2.75, 3.05) is 6.54 Å². The molecule has 1 saturated carbocycles. The predicted molar refractivity (Wildman–Crippen MR) is 100 cm³/mol. The van der Waals surface area contributed by atoms with Gasteiger partial charge in [-0.15, -0.1) is 0 Å². The minimum atomic E-state index is -0.0656. The smallest absolute Gasteiger partial charge is 0.223 e. The van der Waals surface area contributed by atoms with Crippen molar-refractivity contribution >= 4 is 22.6 Å². The number of amides is 2. The zero-order valence-electron chi connectivity index (χ0n) is 14.8. The van der Waals surface area contributed by atoms with Gasteiger partial charge in [-0.25, -0.2) is 0 Å². The van der Waals surface area contributed by atoms with Crippen molar-refractivity contribution in [3.8, 4) is 0 Å². The van der Waals surface area contributed by atoms with Crippen molar-refractivity contribution in [1.82, 2.24) is 10.6 Å². The molecule has 3 rings (SSSR count). The Labute approximate surface area is 149 Å². The SMILES string of the molecule is CC(NC(=O)CCNC(=O)C1CCCC1)c1cccc2ccccc12. The summed E-state index contributed by atoms with van der Waals surface area (Å²) in [5.41, 5.74) is 1.11. The normalized spacial score (nSPS) is 15.9. The van der Waals surface area contributed by atoms with Gasteiger partial charge in [0.25, 0.3) is 0 Å². The Bertz CT molecular complexity index is 745. The molecule has 1 unspecified atom stereocenters. The second-order valence-electron chi connectivity index (χ2n) is 6.88. The molecule has 2 N–H and O–H groups in total. The van der Waals surface area contributed by atoms with Crippen LogP contribution in [0, 0.1) is 5.92 Å². The minimum Gasteiger partial charge on any atom is -0.355 e. The van der Waals surface area contributed by atoms with Crippen LogP contribution >= 0.6 is 0 Å². The fourth-order valence-electron chi connectivity index (χ4n) is 3.65. The zero-order valence-corrected chi connectivity index (χ0v) is 14.8. The highest BCUT2D eigenvalue weighted by Gasteiger charge is 2.22. The molecule has 25 heavy (non-hydrogen) atoms. The summed E-state index contributed by atoms with van der Waals surface area (Å²) in [4.78, 5) is 24.2. The molecule has 4 heteroatoms. The van der Waals surface area contributed by atoms with Gasteiger partial charge in [0.15, 0.2) is 0 Å². The van der Waals surface area contributed by atoms with Crippen molar-refractivity contribution < 1.29 is 9.59 Å². The second kappa shape index (κ2) is 8.15. The van der Waals surface area contributed by atoms with Gasteiger partial charge in [0.05, 0.1) is 6.04 Å². The summed E-state index contributed by atoms with van der Waals surface area (Å²) in [6.07, 6.45) is 4.56. The van der Waals surface area contributed by atoms with Gasteiger partial charge in [-0.2, -0.15) is 0 Å². The van der Waals surface area contributed by atoms with Crippen LogP contribution in [0.25, 0.3) is 10.8 Å². The van der Waals surface area contributed by atoms with E-state index in [-0.39, 0.29) is 23.8 Å². The molecule has 2 amide bonds. The molecule has 2 aromatic rings. The van der Waals surface area contributed by atoms with Gasteiger partial charge in [-0.3, -0.25) is 9.59 Å². The molecule has 1 fully saturated rings. The van der Waals surface area contributed by atoms with Crippen LogP contribution < -0.4 is 10.6 Å². The van der Waals surface area contributed by atoms with Gasteiger partial charge in [0, 0.05) is 18.9 Å². The average molecular weight is 338 g/mol. The number of hydrogen-bond donors (Lipinski definition) is 2. The van der Waals surface area contributed by atoms with Gasteiger partial charge in [-0.1, -0.05) is 55.3 Å². The number of benzene rings is 2. The first-order chi connectivity index (χ1) is 12.1. The van der Waals surface area contributed by atoms with Crippen LogP contribution in [0.1, 0.15) is 50.6 Å². The van der Waals surface area contributed by atoms with E-state index < -0.39 is 0 Å². The lowest BCUT2D eigenvalue weighted by molar-refractivity contribution is -0.125. The molecule has 4 nitrogen and oxygen atoms in total.